The third-order valence-corrected chi connectivity index (χ3v) is 6.96. The SMILES string of the molecule is O=C(CCN1C(=O)C2CCCCC2C1=O)Nc1nc2c(ccc3ccccc32)s1. The van der Waals surface area contributed by atoms with E-state index >= 15 is 0 Å². The predicted octanol–water partition coefficient (Wildman–Crippen LogP) is 3.95. The molecule has 2 atom stereocenters. The Morgan fingerprint density at radius 1 is 1.07 bits per heavy atom. The van der Waals surface area contributed by atoms with E-state index in [1.165, 1.54) is 16.2 Å². The first-order chi connectivity index (χ1) is 14.1. The highest BCUT2D eigenvalue weighted by molar-refractivity contribution is 7.22. The maximum Gasteiger partial charge on any atom is 0.233 e. The van der Waals surface area contributed by atoms with Gasteiger partial charge in [-0.15, -0.1) is 0 Å². The summed E-state index contributed by atoms with van der Waals surface area (Å²) in [5.74, 6) is -0.768. The second-order valence-electron chi connectivity index (χ2n) is 7.78. The van der Waals surface area contributed by atoms with E-state index in [1.807, 2.05) is 36.4 Å². The summed E-state index contributed by atoms with van der Waals surface area (Å²) in [4.78, 5) is 43.4. The van der Waals surface area contributed by atoms with Crippen molar-refractivity contribution in [3.05, 3.63) is 36.4 Å². The molecule has 0 spiro atoms. The number of nitrogens with one attached hydrogen (secondary N) is 1. The Bertz CT molecular complexity index is 1110. The number of fused-ring (bicyclic) bond motifs is 4. The average molecular weight is 407 g/mol. The molecule has 2 aromatic carbocycles. The molecule has 3 aromatic rings. The Morgan fingerprint density at radius 3 is 2.55 bits per heavy atom. The minimum atomic E-state index is -0.233. The minimum absolute atomic E-state index is 0.0909. The Labute approximate surface area is 171 Å². The number of amides is 3. The third-order valence-electron chi connectivity index (χ3n) is 6.02. The van der Waals surface area contributed by atoms with Gasteiger partial charge in [-0.1, -0.05) is 54.5 Å². The number of imide groups is 1. The van der Waals surface area contributed by atoms with Crippen molar-refractivity contribution in [2.75, 3.05) is 11.9 Å². The largest absolute Gasteiger partial charge is 0.302 e. The van der Waals surface area contributed by atoms with Crippen molar-refractivity contribution in [2.45, 2.75) is 32.1 Å². The molecule has 2 aliphatic rings. The molecule has 29 heavy (non-hydrogen) atoms. The van der Waals surface area contributed by atoms with Crippen LogP contribution in [0.2, 0.25) is 0 Å². The van der Waals surface area contributed by atoms with E-state index in [1.54, 1.807) is 0 Å². The summed E-state index contributed by atoms with van der Waals surface area (Å²) >= 11 is 1.43. The quantitative estimate of drug-likeness (QED) is 0.664. The molecule has 3 amide bonds. The first-order valence-electron chi connectivity index (χ1n) is 10.1. The highest BCUT2D eigenvalue weighted by Gasteiger charge is 2.47. The maximum atomic E-state index is 12.5. The van der Waals surface area contributed by atoms with Crippen LogP contribution in [0.1, 0.15) is 32.1 Å². The molecule has 1 saturated carbocycles. The van der Waals surface area contributed by atoms with E-state index in [2.05, 4.69) is 10.3 Å². The van der Waals surface area contributed by atoms with Crippen molar-refractivity contribution in [3.63, 3.8) is 0 Å². The van der Waals surface area contributed by atoms with Crippen LogP contribution in [0, 0.1) is 11.8 Å². The standard InChI is InChI=1S/C22H21N3O3S/c26-18(11-12-25-20(27)15-7-3-4-8-16(15)21(25)28)23-22-24-19-14-6-2-1-5-13(14)9-10-17(19)29-22/h1-2,5-6,9-10,15-16H,3-4,7-8,11-12H2,(H,23,24,26). The maximum absolute atomic E-state index is 12.5. The highest BCUT2D eigenvalue weighted by atomic mass is 32.1. The fourth-order valence-electron chi connectivity index (χ4n) is 4.56. The Balaban J connectivity index is 1.27. The van der Waals surface area contributed by atoms with Crippen LogP contribution in [0.4, 0.5) is 5.13 Å². The normalized spacial score (nSPS) is 21.7. The molecule has 2 unspecified atom stereocenters. The van der Waals surface area contributed by atoms with Gasteiger partial charge in [-0.25, -0.2) is 4.98 Å². The van der Waals surface area contributed by atoms with E-state index in [9.17, 15) is 14.4 Å². The van der Waals surface area contributed by atoms with Crippen LogP contribution in [-0.4, -0.2) is 34.2 Å². The lowest BCUT2D eigenvalue weighted by Crippen LogP contribution is -2.34. The van der Waals surface area contributed by atoms with Gasteiger partial charge in [0.05, 0.1) is 22.1 Å². The highest BCUT2D eigenvalue weighted by Crippen LogP contribution is 2.38. The number of anilines is 1. The molecule has 1 N–H and O–H groups in total. The summed E-state index contributed by atoms with van der Waals surface area (Å²) in [5.41, 5.74) is 0.873. The molecule has 2 heterocycles. The Hall–Kier alpha value is -2.80. The van der Waals surface area contributed by atoms with E-state index < -0.39 is 0 Å². The monoisotopic (exact) mass is 407 g/mol. The number of carbonyl (C=O) groups excluding carboxylic acids is 3. The van der Waals surface area contributed by atoms with Crippen molar-refractivity contribution in [1.82, 2.24) is 9.88 Å². The van der Waals surface area contributed by atoms with E-state index in [4.69, 9.17) is 0 Å². The van der Waals surface area contributed by atoms with Gasteiger partial charge in [0.15, 0.2) is 5.13 Å². The van der Waals surface area contributed by atoms with Crippen molar-refractivity contribution in [3.8, 4) is 0 Å². The number of thiazole rings is 1. The van der Waals surface area contributed by atoms with Crippen LogP contribution in [-0.2, 0) is 14.4 Å². The van der Waals surface area contributed by atoms with Crippen molar-refractivity contribution < 1.29 is 14.4 Å². The number of rotatable bonds is 4. The van der Waals surface area contributed by atoms with Crippen molar-refractivity contribution >= 4 is 55.2 Å². The second-order valence-corrected chi connectivity index (χ2v) is 8.81. The van der Waals surface area contributed by atoms with Gasteiger partial charge in [-0.05, 0) is 24.3 Å². The van der Waals surface area contributed by atoms with Crippen LogP contribution >= 0.6 is 11.3 Å². The molecule has 6 nitrogen and oxygen atoms in total. The van der Waals surface area contributed by atoms with E-state index in [0.29, 0.717) is 5.13 Å². The molecule has 1 aliphatic heterocycles. The number of hydrogen-bond donors (Lipinski definition) is 1. The number of carbonyl (C=O) groups is 3. The average Bonchev–Trinajstić information content (AvgIpc) is 3.26. The number of aromatic nitrogens is 1. The number of nitrogens with zero attached hydrogens (tertiary/aromatic N) is 2. The summed E-state index contributed by atoms with van der Waals surface area (Å²) in [6, 6.07) is 12.1. The predicted molar refractivity (Wildman–Crippen MR) is 113 cm³/mol. The first-order valence-corrected chi connectivity index (χ1v) is 10.9. The van der Waals surface area contributed by atoms with E-state index in [0.717, 1.165) is 46.7 Å². The third kappa shape index (κ3) is 3.19. The number of likely N-dealkylation sites (tertiary alicyclic amines) is 1. The van der Waals surface area contributed by atoms with Gasteiger partial charge in [0.1, 0.15) is 0 Å². The molecule has 2 fully saturated rings. The van der Waals surface area contributed by atoms with Crippen LogP contribution < -0.4 is 5.32 Å². The molecule has 1 saturated heterocycles. The smallest absolute Gasteiger partial charge is 0.233 e. The minimum Gasteiger partial charge on any atom is -0.302 e. The molecule has 5 rings (SSSR count). The van der Waals surface area contributed by atoms with Gasteiger partial charge < -0.3 is 5.32 Å². The van der Waals surface area contributed by atoms with Crippen LogP contribution in [0.25, 0.3) is 21.0 Å². The lowest BCUT2D eigenvalue weighted by Gasteiger charge is -2.19. The molecule has 0 bridgehead atoms. The van der Waals surface area contributed by atoms with Gasteiger partial charge in [-0.2, -0.15) is 0 Å². The molecule has 7 heteroatoms. The summed E-state index contributed by atoms with van der Waals surface area (Å²) < 4.78 is 1.01. The fourth-order valence-corrected chi connectivity index (χ4v) is 5.46. The Morgan fingerprint density at radius 2 is 1.79 bits per heavy atom. The summed E-state index contributed by atoms with van der Waals surface area (Å²) in [7, 11) is 0. The zero-order valence-electron chi connectivity index (χ0n) is 15.9. The molecule has 148 valence electrons. The molecular formula is C22H21N3O3S. The van der Waals surface area contributed by atoms with Crippen molar-refractivity contribution in [2.24, 2.45) is 11.8 Å². The van der Waals surface area contributed by atoms with Gasteiger partial charge in [-0.3, -0.25) is 19.3 Å². The molecule has 0 radical (unpaired) electrons. The lowest BCUT2D eigenvalue weighted by atomic mass is 9.81. The summed E-state index contributed by atoms with van der Waals surface area (Å²) in [5, 5.41) is 5.53. The van der Waals surface area contributed by atoms with E-state index in [-0.39, 0.29) is 42.5 Å². The zero-order chi connectivity index (χ0) is 20.0. The molecule has 1 aliphatic carbocycles. The molecular weight excluding hydrogens is 386 g/mol. The van der Waals surface area contributed by atoms with Gasteiger partial charge >= 0.3 is 0 Å². The van der Waals surface area contributed by atoms with Crippen molar-refractivity contribution in [1.29, 1.82) is 0 Å². The van der Waals surface area contributed by atoms with Gasteiger partial charge in [0.25, 0.3) is 0 Å². The van der Waals surface area contributed by atoms with Crippen LogP contribution in [0.5, 0.6) is 0 Å². The summed E-state index contributed by atoms with van der Waals surface area (Å²) in [6.45, 7) is 0.143. The number of hydrogen-bond acceptors (Lipinski definition) is 5. The van der Waals surface area contributed by atoms with Gasteiger partial charge in [0, 0.05) is 18.4 Å². The first kappa shape index (κ1) is 18.2. The van der Waals surface area contributed by atoms with Crippen LogP contribution in [0.15, 0.2) is 36.4 Å². The summed E-state index contributed by atoms with van der Waals surface area (Å²) in [6.07, 6.45) is 3.67. The Kier molecular flexibility index (Phi) is 4.54. The fraction of sp³-hybridized carbons (Fsp3) is 0.364. The second kappa shape index (κ2) is 7.22. The molecule has 1 aromatic heterocycles. The van der Waals surface area contributed by atoms with Crippen LogP contribution in [0.3, 0.4) is 0 Å². The topological polar surface area (TPSA) is 79.4 Å². The van der Waals surface area contributed by atoms with Gasteiger partial charge in [0.2, 0.25) is 17.7 Å². The lowest BCUT2D eigenvalue weighted by molar-refractivity contribution is -0.140. The zero-order valence-corrected chi connectivity index (χ0v) is 16.7. The number of benzene rings is 2.